The Morgan fingerprint density at radius 1 is 1.37 bits per heavy atom. The molecule has 0 spiro atoms. The van der Waals surface area contributed by atoms with E-state index < -0.39 is 21.2 Å². The summed E-state index contributed by atoms with van der Waals surface area (Å²) in [5.41, 5.74) is 3.07. The fourth-order valence-corrected chi connectivity index (χ4v) is 4.94. The molecule has 1 aliphatic rings. The van der Waals surface area contributed by atoms with Crippen molar-refractivity contribution in [3.8, 4) is 0 Å². The molecular weight excluding hydrogens is 433 g/mol. The Hall–Kier alpha value is -1.30. The quantitative estimate of drug-likeness (QED) is 0.661. The number of aliphatic imine (C=N–C) groups is 1. The summed E-state index contributed by atoms with van der Waals surface area (Å²) in [6.45, 7) is 3.93. The molecular formula is C15H19Cl2N5O3S2. The number of anilines is 1. The van der Waals surface area contributed by atoms with Gasteiger partial charge in [-0.3, -0.25) is 10.2 Å². The topological polar surface area (TPSA) is 94.1 Å². The minimum Gasteiger partial charge on any atom is -0.330 e. The molecule has 0 aromatic heterocycles. The van der Waals surface area contributed by atoms with Crippen molar-refractivity contribution in [3.05, 3.63) is 28.2 Å². The lowest BCUT2D eigenvalue weighted by molar-refractivity contribution is -0.113. The summed E-state index contributed by atoms with van der Waals surface area (Å²) in [5.74, 6) is -0.861. The van der Waals surface area contributed by atoms with E-state index in [9.17, 15) is 13.2 Å². The number of halogens is 2. The van der Waals surface area contributed by atoms with Gasteiger partial charge in [-0.15, -0.1) is 0 Å². The van der Waals surface area contributed by atoms with Gasteiger partial charge in [-0.2, -0.15) is 10.0 Å². The fraction of sp³-hybridized carbons (Fsp3) is 0.400. The molecule has 2 N–H and O–H groups in total. The van der Waals surface area contributed by atoms with Crippen LogP contribution in [0.15, 0.2) is 23.2 Å². The van der Waals surface area contributed by atoms with Crippen LogP contribution in [0.4, 0.5) is 5.69 Å². The summed E-state index contributed by atoms with van der Waals surface area (Å²) in [6.07, 6.45) is 0. The van der Waals surface area contributed by atoms with E-state index in [4.69, 9.17) is 35.4 Å². The van der Waals surface area contributed by atoms with Gasteiger partial charge in [0, 0.05) is 20.1 Å². The van der Waals surface area contributed by atoms with E-state index >= 15 is 0 Å². The molecule has 1 fully saturated rings. The first-order chi connectivity index (χ1) is 12.6. The van der Waals surface area contributed by atoms with E-state index in [2.05, 4.69) is 15.7 Å². The van der Waals surface area contributed by atoms with Crippen molar-refractivity contribution in [1.29, 1.82) is 0 Å². The number of amidine groups is 1. The predicted molar refractivity (Wildman–Crippen MR) is 112 cm³/mol. The maximum absolute atomic E-state index is 12.7. The maximum Gasteiger partial charge on any atom is 0.239 e. The number of nitrogens with zero attached hydrogens (tertiary/aromatic N) is 3. The van der Waals surface area contributed by atoms with Gasteiger partial charge in [-0.05, 0) is 24.4 Å². The van der Waals surface area contributed by atoms with Gasteiger partial charge >= 0.3 is 0 Å². The number of benzene rings is 1. The monoisotopic (exact) mass is 451 g/mol. The molecule has 2 rings (SSSR count). The molecule has 1 aliphatic heterocycles. The molecule has 1 atom stereocenters. The third kappa shape index (κ3) is 4.58. The first-order valence-electron chi connectivity index (χ1n) is 7.99. The second-order valence-corrected chi connectivity index (χ2v) is 8.73. The van der Waals surface area contributed by atoms with E-state index in [0.717, 1.165) is 0 Å². The smallest absolute Gasteiger partial charge is 0.239 e. The number of rotatable bonds is 5. The van der Waals surface area contributed by atoms with Crippen LogP contribution < -0.4 is 10.7 Å². The largest absolute Gasteiger partial charge is 0.330 e. The van der Waals surface area contributed by atoms with Crippen LogP contribution in [0.1, 0.15) is 13.8 Å². The SMILES string of the molecule is CCN(CC)S(=O)(=O)C1C(=O)/C(=N/C(=S)Nc2cccc(Cl)c2Cl)NN1C. The minimum absolute atomic E-state index is 0.0655. The van der Waals surface area contributed by atoms with Gasteiger partial charge in [0.05, 0.1) is 15.7 Å². The Morgan fingerprint density at radius 2 is 2.00 bits per heavy atom. The van der Waals surface area contributed by atoms with Crippen molar-refractivity contribution in [1.82, 2.24) is 14.7 Å². The highest BCUT2D eigenvalue weighted by Gasteiger charge is 2.47. The number of hydrogen-bond donors (Lipinski definition) is 2. The molecule has 1 unspecified atom stereocenters. The summed E-state index contributed by atoms with van der Waals surface area (Å²) in [5, 5.41) is 3.08. The number of hydrazine groups is 1. The second kappa shape index (κ2) is 8.80. The van der Waals surface area contributed by atoms with E-state index in [-0.39, 0.29) is 29.1 Å². The lowest BCUT2D eigenvalue weighted by Gasteiger charge is -2.24. The molecule has 1 aromatic rings. The highest BCUT2D eigenvalue weighted by molar-refractivity contribution is 7.90. The van der Waals surface area contributed by atoms with Crippen molar-refractivity contribution in [2.24, 2.45) is 4.99 Å². The third-order valence-corrected chi connectivity index (χ3v) is 7.19. The average Bonchev–Trinajstić information content (AvgIpc) is 2.86. The molecule has 27 heavy (non-hydrogen) atoms. The Kier molecular flexibility index (Phi) is 7.17. The lowest BCUT2D eigenvalue weighted by atomic mass is 10.3. The van der Waals surface area contributed by atoms with Crippen molar-refractivity contribution < 1.29 is 13.2 Å². The highest BCUT2D eigenvalue weighted by Crippen LogP contribution is 2.29. The van der Waals surface area contributed by atoms with E-state index in [1.54, 1.807) is 32.0 Å². The van der Waals surface area contributed by atoms with Crippen LogP contribution in [-0.2, 0) is 14.8 Å². The molecule has 1 heterocycles. The van der Waals surface area contributed by atoms with Gasteiger partial charge in [0.25, 0.3) is 0 Å². The second-order valence-electron chi connectivity index (χ2n) is 5.56. The maximum atomic E-state index is 12.7. The van der Waals surface area contributed by atoms with Crippen molar-refractivity contribution in [2.45, 2.75) is 19.2 Å². The standard InChI is InChI=1S/C15H19Cl2N5O3S2/c1-4-22(5-2)27(24,25)14-12(23)13(20-21(14)3)19-15(26)18-10-8-6-7-9(16)11(10)17/h6-8,14H,4-5H2,1-3H3,(H2,18,19,20,26). The van der Waals surface area contributed by atoms with Gasteiger partial charge < -0.3 is 5.32 Å². The fourth-order valence-electron chi connectivity index (χ4n) is 2.56. The van der Waals surface area contributed by atoms with Crippen LogP contribution in [0.5, 0.6) is 0 Å². The van der Waals surface area contributed by atoms with E-state index in [1.165, 1.54) is 16.4 Å². The normalized spacial score (nSPS) is 19.6. The molecule has 0 bridgehead atoms. The number of sulfonamides is 1. The van der Waals surface area contributed by atoms with Gasteiger partial charge in [-0.25, -0.2) is 12.7 Å². The van der Waals surface area contributed by atoms with E-state index in [0.29, 0.717) is 10.7 Å². The number of carbonyl (C=O) groups excluding carboxylic acids is 1. The summed E-state index contributed by atoms with van der Waals surface area (Å²) < 4.78 is 26.6. The molecule has 1 aromatic carbocycles. The Bertz CT molecular complexity index is 887. The summed E-state index contributed by atoms with van der Waals surface area (Å²) in [4.78, 5) is 16.6. The number of nitrogens with one attached hydrogen (secondary N) is 2. The van der Waals surface area contributed by atoms with Crippen molar-refractivity contribution >= 4 is 67.9 Å². The zero-order valence-electron chi connectivity index (χ0n) is 14.9. The molecule has 12 heteroatoms. The first kappa shape index (κ1) is 22.0. The molecule has 1 saturated heterocycles. The van der Waals surface area contributed by atoms with Crippen LogP contribution in [0.3, 0.4) is 0 Å². The van der Waals surface area contributed by atoms with Crippen LogP contribution in [0.2, 0.25) is 10.0 Å². The Labute approximate surface area is 173 Å². The molecule has 0 aliphatic carbocycles. The third-order valence-electron chi connectivity index (χ3n) is 3.85. The number of hydrogen-bond acceptors (Lipinski definition) is 5. The van der Waals surface area contributed by atoms with Crippen LogP contribution in [0.25, 0.3) is 0 Å². The van der Waals surface area contributed by atoms with Gasteiger partial charge in [0.15, 0.2) is 10.9 Å². The number of thiocarbonyl (C=S) groups is 1. The van der Waals surface area contributed by atoms with Crippen molar-refractivity contribution in [2.75, 3.05) is 25.5 Å². The molecule has 8 nitrogen and oxygen atoms in total. The Balaban J connectivity index is 2.24. The minimum atomic E-state index is -3.88. The first-order valence-corrected chi connectivity index (χ1v) is 10.7. The summed E-state index contributed by atoms with van der Waals surface area (Å²) >= 11 is 17.1. The average molecular weight is 452 g/mol. The van der Waals surface area contributed by atoms with Crippen molar-refractivity contribution in [3.63, 3.8) is 0 Å². The zero-order valence-corrected chi connectivity index (χ0v) is 18.0. The molecule has 0 amide bonds. The number of carbonyl (C=O) groups is 1. The Morgan fingerprint density at radius 3 is 2.59 bits per heavy atom. The van der Waals surface area contributed by atoms with Crippen LogP contribution >= 0.6 is 35.4 Å². The van der Waals surface area contributed by atoms with Crippen LogP contribution in [0, 0.1) is 0 Å². The van der Waals surface area contributed by atoms with Gasteiger partial charge in [0.2, 0.25) is 21.2 Å². The number of likely N-dealkylation sites (N-methyl/N-ethyl adjacent to an activating group) is 1. The van der Waals surface area contributed by atoms with Crippen LogP contribution in [-0.4, -0.2) is 60.0 Å². The highest BCUT2D eigenvalue weighted by atomic mass is 35.5. The lowest BCUT2D eigenvalue weighted by Crippen LogP contribution is -2.48. The molecule has 148 valence electrons. The zero-order chi connectivity index (χ0) is 20.4. The summed E-state index contributed by atoms with van der Waals surface area (Å²) in [7, 11) is -2.42. The molecule has 0 saturated carbocycles. The number of Topliss-reactive ketones (excluding diaryl/α,β-unsaturated/α-hetero) is 1. The molecule has 0 radical (unpaired) electrons. The predicted octanol–water partition coefficient (Wildman–Crippen LogP) is 2.11. The van der Waals surface area contributed by atoms with E-state index in [1.807, 2.05) is 0 Å². The number of ketones is 1. The summed E-state index contributed by atoms with van der Waals surface area (Å²) in [6, 6.07) is 4.93. The van der Waals surface area contributed by atoms with Gasteiger partial charge in [0.1, 0.15) is 0 Å². The van der Waals surface area contributed by atoms with Gasteiger partial charge in [-0.1, -0.05) is 43.1 Å².